The van der Waals surface area contributed by atoms with Crippen molar-refractivity contribution < 1.29 is 9.59 Å². The number of aromatic nitrogens is 2. The van der Waals surface area contributed by atoms with Crippen molar-refractivity contribution >= 4 is 11.8 Å². The van der Waals surface area contributed by atoms with Crippen molar-refractivity contribution in [2.75, 3.05) is 0 Å². The number of carbonyl (C=O) groups excluding carboxylic acids is 2. The molecule has 1 aliphatic rings. The molecule has 0 unspecified atom stereocenters. The van der Waals surface area contributed by atoms with Crippen LogP contribution in [0.2, 0.25) is 0 Å². The van der Waals surface area contributed by atoms with E-state index < -0.39 is 11.4 Å². The molecule has 3 N–H and O–H groups in total. The van der Waals surface area contributed by atoms with Gasteiger partial charge >= 0.3 is 0 Å². The van der Waals surface area contributed by atoms with Gasteiger partial charge in [-0.1, -0.05) is 36.8 Å². The van der Waals surface area contributed by atoms with Crippen LogP contribution in [0.3, 0.4) is 0 Å². The van der Waals surface area contributed by atoms with E-state index >= 15 is 0 Å². The third kappa shape index (κ3) is 3.45. The lowest BCUT2D eigenvalue weighted by molar-refractivity contribution is 0.0865. The molecule has 0 saturated carbocycles. The Labute approximate surface area is 175 Å². The van der Waals surface area contributed by atoms with Crippen molar-refractivity contribution in [2.24, 2.45) is 11.7 Å². The fourth-order valence-corrected chi connectivity index (χ4v) is 4.43. The first-order chi connectivity index (χ1) is 14.4. The number of nitrogens with two attached hydrogens (primary N) is 1. The Hall–Kier alpha value is -3.54. The second kappa shape index (κ2) is 7.71. The molecule has 30 heavy (non-hydrogen) atoms. The van der Waals surface area contributed by atoms with Gasteiger partial charge in [-0.2, -0.15) is 0 Å². The molecule has 1 aliphatic carbocycles. The minimum atomic E-state index is -0.693. The first kappa shape index (κ1) is 19.8. The summed E-state index contributed by atoms with van der Waals surface area (Å²) in [7, 11) is 0. The summed E-state index contributed by atoms with van der Waals surface area (Å²) in [6.07, 6.45) is 6.00. The summed E-state index contributed by atoms with van der Waals surface area (Å²) in [6, 6.07) is 13.5. The van der Waals surface area contributed by atoms with E-state index in [1.54, 1.807) is 36.8 Å². The highest BCUT2D eigenvalue weighted by Crippen LogP contribution is 2.44. The van der Waals surface area contributed by atoms with E-state index in [-0.39, 0.29) is 17.5 Å². The Balaban J connectivity index is 1.84. The highest BCUT2D eigenvalue weighted by atomic mass is 16.2. The van der Waals surface area contributed by atoms with E-state index in [1.165, 1.54) is 5.56 Å². The van der Waals surface area contributed by atoms with Crippen molar-refractivity contribution in [3.8, 4) is 0 Å². The van der Waals surface area contributed by atoms with Gasteiger partial charge in [0.05, 0.1) is 11.1 Å². The molecule has 3 aromatic rings. The minimum Gasteiger partial charge on any atom is -0.364 e. The molecule has 0 spiro atoms. The van der Waals surface area contributed by atoms with Crippen LogP contribution < -0.4 is 11.1 Å². The molecule has 0 radical (unpaired) electrons. The van der Waals surface area contributed by atoms with Gasteiger partial charge in [0.1, 0.15) is 5.69 Å². The molecule has 4 rings (SSSR count). The molecule has 2 amide bonds. The van der Waals surface area contributed by atoms with E-state index in [0.717, 1.165) is 23.1 Å². The van der Waals surface area contributed by atoms with Crippen LogP contribution in [0.15, 0.2) is 61.1 Å². The molecule has 152 valence electrons. The number of amides is 2. The highest BCUT2D eigenvalue weighted by Gasteiger charge is 2.46. The number of aryl methyl sites for hydroxylation is 1. The normalized spacial score (nSPS) is 19.9. The van der Waals surface area contributed by atoms with E-state index in [2.05, 4.69) is 40.4 Å². The van der Waals surface area contributed by atoms with E-state index in [4.69, 9.17) is 5.73 Å². The lowest BCUT2D eigenvalue weighted by atomic mass is 9.78. The van der Waals surface area contributed by atoms with E-state index in [0.29, 0.717) is 12.0 Å². The summed E-state index contributed by atoms with van der Waals surface area (Å²) in [4.78, 5) is 33.4. The topological polar surface area (TPSA) is 98.0 Å². The summed E-state index contributed by atoms with van der Waals surface area (Å²) >= 11 is 0. The fourth-order valence-electron chi connectivity index (χ4n) is 4.43. The SMILES string of the molecule is Cc1ccc2c(c1)[C@](Cc1cccnc1C(N)=O)(NC(=O)c1cccnc1)[C@H](C)C2. The zero-order valence-electron chi connectivity index (χ0n) is 17.1. The van der Waals surface area contributed by atoms with Gasteiger partial charge in [0.2, 0.25) is 0 Å². The molecule has 0 saturated heterocycles. The smallest absolute Gasteiger partial charge is 0.267 e. The van der Waals surface area contributed by atoms with Gasteiger partial charge in [-0.05, 0) is 54.2 Å². The Morgan fingerprint density at radius 2 is 2.00 bits per heavy atom. The average molecular weight is 400 g/mol. The Morgan fingerprint density at radius 1 is 1.20 bits per heavy atom. The molecule has 0 aliphatic heterocycles. The number of nitrogens with one attached hydrogen (secondary N) is 1. The third-order valence-corrected chi connectivity index (χ3v) is 5.97. The maximum atomic E-state index is 13.2. The second-order valence-electron chi connectivity index (χ2n) is 7.99. The largest absolute Gasteiger partial charge is 0.364 e. The number of hydrogen-bond donors (Lipinski definition) is 2. The number of benzene rings is 1. The van der Waals surface area contributed by atoms with Crippen LogP contribution in [0.4, 0.5) is 0 Å². The van der Waals surface area contributed by atoms with Crippen LogP contribution in [0.1, 0.15) is 50.0 Å². The fraction of sp³-hybridized carbons (Fsp3) is 0.250. The molecule has 2 aromatic heterocycles. The average Bonchev–Trinajstić information content (AvgIpc) is 3.00. The van der Waals surface area contributed by atoms with Crippen LogP contribution >= 0.6 is 0 Å². The zero-order valence-corrected chi connectivity index (χ0v) is 17.1. The monoisotopic (exact) mass is 400 g/mol. The number of hydrogen-bond acceptors (Lipinski definition) is 4. The predicted molar refractivity (Wildman–Crippen MR) is 114 cm³/mol. The number of pyridine rings is 2. The van der Waals surface area contributed by atoms with Gasteiger partial charge in [0.15, 0.2) is 0 Å². The van der Waals surface area contributed by atoms with Gasteiger partial charge in [0.25, 0.3) is 11.8 Å². The van der Waals surface area contributed by atoms with Gasteiger partial charge in [-0.3, -0.25) is 19.6 Å². The number of primary amides is 1. The van der Waals surface area contributed by atoms with Gasteiger partial charge in [-0.15, -0.1) is 0 Å². The van der Waals surface area contributed by atoms with Crippen LogP contribution in [0.5, 0.6) is 0 Å². The Bertz CT molecular complexity index is 1110. The lowest BCUT2D eigenvalue weighted by Gasteiger charge is -2.37. The maximum absolute atomic E-state index is 13.2. The number of carbonyl (C=O) groups is 2. The van der Waals surface area contributed by atoms with Crippen LogP contribution in [0.25, 0.3) is 0 Å². The highest BCUT2D eigenvalue weighted by molar-refractivity contribution is 5.95. The predicted octanol–water partition coefficient (Wildman–Crippen LogP) is 2.94. The Morgan fingerprint density at radius 3 is 2.73 bits per heavy atom. The molecular weight excluding hydrogens is 376 g/mol. The quantitative estimate of drug-likeness (QED) is 0.688. The summed E-state index contributed by atoms with van der Waals surface area (Å²) < 4.78 is 0. The first-order valence-electron chi connectivity index (χ1n) is 9.97. The number of nitrogens with zero attached hydrogens (tertiary/aromatic N) is 2. The molecule has 6 heteroatoms. The van der Waals surface area contributed by atoms with Crippen LogP contribution in [-0.2, 0) is 18.4 Å². The zero-order chi connectivity index (χ0) is 21.3. The summed E-state index contributed by atoms with van der Waals surface area (Å²) in [5.41, 5.74) is 9.73. The van der Waals surface area contributed by atoms with E-state index in [1.807, 2.05) is 13.0 Å². The van der Waals surface area contributed by atoms with E-state index in [9.17, 15) is 9.59 Å². The minimum absolute atomic E-state index is 0.107. The molecule has 2 heterocycles. The molecular formula is C24H24N4O2. The van der Waals surface area contributed by atoms with Crippen molar-refractivity contribution in [3.05, 3.63) is 94.6 Å². The Kier molecular flexibility index (Phi) is 5.08. The van der Waals surface area contributed by atoms with Gasteiger partial charge < -0.3 is 11.1 Å². The lowest BCUT2D eigenvalue weighted by Crippen LogP contribution is -2.50. The molecule has 1 aromatic carbocycles. The molecule has 0 bridgehead atoms. The first-order valence-corrected chi connectivity index (χ1v) is 9.97. The van der Waals surface area contributed by atoms with Crippen molar-refractivity contribution in [1.82, 2.24) is 15.3 Å². The standard InChI is InChI=1S/C24H24N4O2/c1-15-7-8-17-12-16(2)24(20(17)11-15,28-23(30)19-6-3-9-26-14-19)13-18-5-4-10-27-21(18)22(25)29/h3-11,14,16H,12-13H2,1-2H3,(H2,25,29)(H,28,30)/t16-,24-/m1/s1. The summed E-state index contributed by atoms with van der Waals surface area (Å²) in [5, 5.41) is 3.30. The second-order valence-corrected chi connectivity index (χ2v) is 7.99. The summed E-state index contributed by atoms with van der Waals surface area (Å²) in [5.74, 6) is -0.667. The maximum Gasteiger partial charge on any atom is 0.267 e. The van der Waals surface area contributed by atoms with Gasteiger partial charge in [0, 0.05) is 25.0 Å². The number of fused-ring (bicyclic) bond motifs is 1. The van der Waals surface area contributed by atoms with Crippen LogP contribution in [0, 0.1) is 12.8 Å². The molecule has 2 atom stereocenters. The van der Waals surface area contributed by atoms with Crippen molar-refractivity contribution in [2.45, 2.75) is 32.2 Å². The van der Waals surface area contributed by atoms with Crippen LogP contribution in [-0.4, -0.2) is 21.8 Å². The molecule has 0 fully saturated rings. The van der Waals surface area contributed by atoms with Crippen molar-refractivity contribution in [1.29, 1.82) is 0 Å². The third-order valence-electron chi connectivity index (χ3n) is 5.97. The molecule has 6 nitrogen and oxygen atoms in total. The summed E-state index contributed by atoms with van der Waals surface area (Å²) in [6.45, 7) is 4.16. The number of rotatable bonds is 5. The van der Waals surface area contributed by atoms with Gasteiger partial charge in [-0.25, -0.2) is 0 Å². The van der Waals surface area contributed by atoms with Crippen molar-refractivity contribution in [3.63, 3.8) is 0 Å².